The van der Waals surface area contributed by atoms with Crippen molar-refractivity contribution in [1.29, 1.82) is 0 Å². The zero-order valence-electron chi connectivity index (χ0n) is 11.4. The number of nitrogens with two attached hydrogens (primary N) is 2. The van der Waals surface area contributed by atoms with Gasteiger partial charge in [0.15, 0.2) is 0 Å². The highest BCUT2D eigenvalue weighted by Gasteiger charge is 2.13. The lowest BCUT2D eigenvalue weighted by atomic mass is 10.1. The van der Waals surface area contributed by atoms with Crippen molar-refractivity contribution in [2.75, 3.05) is 5.73 Å². The number of anilines is 1. The van der Waals surface area contributed by atoms with Gasteiger partial charge < -0.3 is 16.8 Å². The third-order valence-corrected chi connectivity index (χ3v) is 3.27. The third kappa shape index (κ3) is 4.73. The summed E-state index contributed by atoms with van der Waals surface area (Å²) in [5.74, 6) is 0.242. The Bertz CT molecular complexity index is 598. The Kier molecular flexibility index (Phi) is 5.14. The molecule has 1 aromatic heterocycles. The Labute approximate surface area is 128 Å². The maximum Gasteiger partial charge on any atom is 0.237 e. The van der Waals surface area contributed by atoms with E-state index in [-0.39, 0.29) is 5.91 Å². The minimum absolute atomic E-state index is 0.207. The minimum atomic E-state index is -0.604. The summed E-state index contributed by atoms with van der Waals surface area (Å²) in [6.07, 6.45) is 2.09. The molecule has 0 saturated carbocycles. The van der Waals surface area contributed by atoms with Crippen LogP contribution in [0, 0.1) is 0 Å². The first kappa shape index (κ1) is 15.3. The van der Waals surface area contributed by atoms with Crippen molar-refractivity contribution in [1.82, 2.24) is 10.3 Å². The van der Waals surface area contributed by atoms with Crippen molar-refractivity contribution in [2.45, 2.75) is 19.0 Å². The smallest absolute Gasteiger partial charge is 0.237 e. The highest BCUT2D eigenvalue weighted by Crippen LogP contribution is 2.10. The quantitative estimate of drug-likeness (QED) is 0.780. The van der Waals surface area contributed by atoms with Crippen molar-refractivity contribution in [3.8, 4) is 0 Å². The molecule has 6 heteroatoms. The van der Waals surface area contributed by atoms with Crippen LogP contribution < -0.4 is 16.8 Å². The molecule has 1 heterocycles. The Hall–Kier alpha value is -2.11. The number of hydrogen-bond donors (Lipinski definition) is 3. The lowest BCUT2D eigenvalue weighted by Crippen LogP contribution is -2.41. The van der Waals surface area contributed by atoms with Crippen molar-refractivity contribution >= 4 is 23.3 Å². The Morgan fingerprint density at radius 1 is 1.19 bits per heavy atom. The van der Waals surface area contributed by atoms with Crippen molar-refractivity contribution in [2.24, 2.45) is 5.73 Å². The molecule has 1 aromatic carbocycles. The molecule has 5 nitrogen and oxygen atoms in total. The maximum absolute atomic E-state index is 11.9. The number of amides is 1. The van der Waals surface area contributed by atoms with Gasteiger partial charge in [-0.25, -0.2) is 4.98 Å². The number of hydrogen-bond acceptors (Lipinski definition) is 4. The predicted octanol–water partition coefficient (Wildman–Crippen LogP) is 1.50. The molecule has 0 spiro atoms. The van der Waals surface area contributed by atoms with E-state index in [2.05, 4.69) is 10.3 Å². The molecule has 1 atom stereocenters. The summed E-state index contributed by atoms with van der Waals surface area (Å²) in [5, 5.41) is 3.44. The zero-order valence-corrected chi connectivity index (χ0v) is 12.2. The fraction of sp³-hybridized carbons (Fsp3) is 0.200. The molecule has 1 amide bonds. The van der Waals surface area contributed by atoms with E-state index >= 15 is 0 Å². The lowest BCUT2D eigenvalue weighted by Gasteiger charge is -2.12. The van der Waals surface area contributed by atoms with Crippen LogP contribution in [0.2, 0.25) is 5.02 Å². The number of nitrogens with one attached hydrogen (secondary N) is 1. The van der Waals surface area contributed by atoms with E-state index in [1.165, 1.54) is 0 Å². The summed E-state index contributed by atoms with van der Waals surface area (Å²) >= 11 is 5.81. The van der Waals surface area contributed by atoms with Crippen molar-refractivity contribution in [3.05, 3.63) is 58.7 Å². The molecule has 0 fully saturated rings. The van der Waals surface area contributed by atoms with Gasteiger partial charge in [0.25, 0.3) is 0 Å². The summed E-state index contributed by atoms with van der Waals surface area (Å²) in [5.41, 5.74) is 13.2. The van der Waals surface area contributed by atoms with E-state index in [0.29, 0.717) is 23.8 Å². The van der Waals surface area contributed by atoms with Gasteiger partial charge in [0, 0.05) is 17.8 Å². The average Bonchev–Trinajstić information content (AvgIpc) is 2.48. The molecule has 0 unspecified atom stereocenters. The molecular formula is C15H17ClN4O. The summed E-state index contributed by atoms with van der Waals surface area (Å²) < 4.78 is 0. The molecule has 0 saturated heterocycles. The van der Waals surface area contributed by atoms with Crippen LogP contribution in [0.4, 0.5) is 5.82 Å². The fourth-order valence-corrected chi connectivity index (χ4v) is 1.95. The van der Waals surface area contributed by atoms with Crippen LogP contribution in [-0.2, 0) is 17.8 Å². The topological polar surface area (TPSA) is 94.0 Å². The predicted molar refractivity (Wildman–Crippen MR) is 83.6 cm³/mol. The monoisotopic (exact) mass is 304 g/mol. The molecule has 5 N–H and O–H groups in total. The maximum atomic E-state index is 11.9. The van der Waals surface area contributed by atoms with E-state index < -0.39 is 6.04 Å². The van der Waals surface area contributed by atoms with Gasteiger partial charge in [0.2, 0.25) is 5.91 Å². The number of aromatic nitrogens is 1. The van der Waals surface area contributed by atoms with Gasteiger partial charge in [0.1, 0.15) is 5.82 Å². The Balaban J connectivity index is 1.84. The summed E-state index contributed by atoms with van der Waals surface area (Å²) in [4.78, 5) is 15.9. The van der Waals surface area contributed by atoms with Crippen molar-refractivity contribution in [3.63, 3.8) is 0 Å². The number of pyridine rings is 1. The van der Waals surface area contributed by atoms with Crippen molar-refractivity contribution < 1.29 is 4.79 Å². The second kappa shape index (κ2) is 7.06. The molecule has 110 valence electrons. The van der Waals surface area contributed by atoms with E-state index in [1.54, 1.807) is 24.4 Å². The van der Waals surface area contributed by atoms with Gasteiger partial charge >= 0.3 is 0 Å². The van der Waals surface area contributed by atoms with Crippen LogP contribution in [-0.4, -0.2) is 16.9 Å². The molecule has 0 aliphatic carbocycles. The second-order valence-corrected chi connectivity index (χ2v) is 5.18. The second-order valence-electron chi connectivity index (χ2n) is 4.75. The average molecular weight is 305 g/mol. The molecule has 0 bridgehead atoms. The van der Waals surface area contributed by atoms with Gasteiger partial charge in [-0.05, 0) is 35.7 Å². The van der Waals surface area contributed by atoms with E-state index in [1.807, 2.05) is 18.2 Å². The summed E-state index contributed by atoms with van der Waals surface area (Å²) in [6.45, 7) is 0.375. The number of nitrogen functional groups attached to an aromatic ring is 1. The SMILES string of the molecule is Nc1ccc(CNC(=O)[C@@H](N)Cc2ccc(Cl)cc2)cn1. The van der Waals surface area contributed by atoms with Crippen LogP contribution in [0.1, 0.15) is 11.1 Å². The van der Waals surface area contributed by atoms with E-state index in [9.17, 15) is 4.79 Å². The molecule has 21 heavy (non-hydrogen) atoms. The van der Waals surface area contributed by atoms with Gasteiger partial charge in [-0.1, -0.05) is 29.8 Å². The fourth-order valence-electron chi connectivity index (χ4n) is 1.83. The van der Waals surface area contributed by atoms with Gasteiger partial charge in [-0.15, -0.1) is 0 Å². The lowest BCUT2D eigenvalue weighted by molar-refractivity contribution is -0.122. The highest BCUT2D eigenvalue weighted by atomic mass is 35.5. The zero-order chi connectivity index (χ0) is 15.2. The normalized spacial score (nSPS) is 11.9. The van der Waals surface area contributed by atoms with E-state index in [4.69, 9.17) is 23.1 Å². The molecule has 2 aromatic rings. The van der Waals surface area contributed by atoms with Crippen LogP contribution in [0.25, 0.3) is 0 Å². The first-order valence-corrected chi connectivity index (χ1v) is 6.90. The number of rotatable bonds is 5. The number of carbonyl (C=O) groups is 1. The standard InChI is InChI=1S/C15H17ClN4O/c16-12-4-1-10(2-5-12)7-13(17)15(21)20-9-11-3-6-14(18)19-8-11/h1-6,8,13H,7,9,17H2,(H2,18,19)(H,20,21)/t13-/m0/s1. The van der Waals surface area contributed by atoms with Gasteiger partial charge in [-0.2, -0.15) is 0 Å². The Morgan fingerprint density at radius 3 is 2.48 bits per heavy atom. The third-order valence-electron chi connectivity index (χ3n) is 3.02. The number of carbonyl (C=O) groups excluding carboxylic acids is 1. The van der Waals surface area contributed by atoms with Gasteiger partial charge in [-0.3, -0.25) is 4.79 Å². The molecule has 0 aliphatic rings. The highest BCUT2D eigenvalue weighted by molar-refractivity contribution is 6.30. The van der Waals surface area contributed by atoms with Crippen LogP contribution in [0.15, 0.2) is 42.6 Å². The van der Waals surface area contributed by atoms with Gasteiger partial charge in [0.05, 0.1) is 6.04 Å². The summed E-state index contributed by atoms with van der Waals surface area (Å²) in [6, 6.07) is 10.2. The molecule has 0 radical (unpaired) electrons. The largest absolute Gasteiger partial charge is 0.384 e. The summed E-state index contributed by atoms with van der Waals surface area (Å²) in [7, 11) is 0. The van der Waals surface area contributed by atoms with Crippen LogP contribution >= 0.6 is 11.6 Å². The number of nitrogens with zero attached hydrogens (tertiary/aromatic N) is 1. The van der Waals surface area contributed by atoms with Crippen LogP contribution in [0.5, 0.6) is 0 Å². The molecule has 0 aliphatic heterocycles. The first-order valence-electron chi connectivity index (χ1n) is 6.53. The number of halogens is 1. The number of benzene rings is 1. The first-order chi connectivity index (χ1) is 10.0. The minimum Gasteiger partial charge on any atom is -0.384 e. The molecular weight excluding hydrogens is 288 g/mol. The Morgan fingerprint density at radius 2 is 1.86 bits per heavy atom. The van der Waals surface area contributed by atoms with E-state index in [0.717, 1.165) is 11.1 Å². The molecule has 2 rings (SSSR count). The van der Waals surface area contributed by atoms with Crippen LogP contribution in [0.3, 0.4) is 0 Å².